The molecule has 0 saturated carbocycles. The first-order chi connectivity index (χ1) is 40.3. The van der Waals surface area contributed by atoms with Crippen molar-refractivity contribution in [2.75, 3.05) is 79.5 Å². The van der Waals surface area contributed by atoms with Crippen molar-refractivity contribution in [3.63, 3.8) is 0 Å². The van der Waals surface area contributed by atoms with Gasteiger partial charge in [-0.25, -0.2) is 20.0 Å². The number of amides is 8. The average Bonchev–Trinajstić information content (AvgIpc) is 2.82. The van der Waals surface area contributed by atoms with Crippen molar-refractivity contribution in [3.8, 4) is 5.75 Å². The minimum atomic E-state index is -0.935. The number of phenols is 1. The van der Waals surface area contributed by atoms with E-state index in [-0.39, 0.29) is 144 Å². The Balaban J connectivity index is 1.03. The minimum Gasteiger partial charge on any atom is -0.508 e. The van der Waals surface area contributed by atoms with Crippen LogP contribution >= 0.6 is 11.3 Å². The number of nitrogens with zero attached hydrogens (tertiary/aromatic N) is 4. The molecular formula is C58H89N9O16S. The van der Waals surface area contributed by atoms with Gasteiger partial charge in [-0.05, 0) is 93.6 Å². The van der Waals surface area contributed by atoms with Crippen LogP contribution in [0, 0.1) is 11.8 Å². The van der Waals surface area contributed by atoms with Crippen LogP contribution in [0.2, 0.25) is 0 Å². The lowest BCUT2D eigenvalue weighted by atomic mass is 9.79. The molecule has 8 amide bonds. The molecule has 5 rings (SSSR count). The number of aromatic nitrogens is 1. The molecular weight excluding hydrogens is 1110 g/mol. The largest absolute Gasteiger partial charge is 0.508 e. The van der Waals surface area contributed by atoms with E-state index in [1.54, 1.807) is 11.4 Å². The number of carbonyl (C=O) groups excluding carboxylic acids is 9. The van der Waals surface area contributed by atoms with Gasteiger partial charge in [0, 0.05) is 69.3 Å². The minimum absolute atomic E-state index is 0.00120. The second kappa shape index (κ2) is 35.9. The number of hydrogen-bond acceptors (Lipinski definition) is 19. The fourth-order valence-electron chi connectivity index (χ4n) is 10.2. The zero-order valence-electron chi connectivity index (χ0n) is 49.9. The van der Waals surface area contributed by atoms with Gasteiger partial charge >= 0.3 is 12.1 Å². The summed E-state index contributed by atoms with van der Waals surface area (Å²) in [6.45, 7) is 15.3. The Morgan fingerprint density at radius 2 is 1.56 bits per heavy atom. The van der Waals surface area contributed by atoms with Crippen LogP contribution in [0.5, 0.6) is 5.75 Å². The van der Waals surface area contributed by atoms with Gasteiger partial charge in [0.05, 0.1) is 51.6 Å². The summed E-state index contributed by atoms with van der Waals surface area (Å²) in [5.74, 6) is -4.50. The maximum absolute atomic E-state index is 14.8. The smallest absolute Gasteiger partial charge is 0.426 e. The van der Waals surface area contributed by atoms with E-state index < -0.39 is 59.8 Å². The normalized spacial score (nSPS) is 18.5. The number of nitrogens with one attached hydrogen (secondary N) is 5. The number of aromatic hydroxyl groups is 1. The third-order valence-electron chi connectivity index (χ3n) is 15.0. The number of phenolic OH excluding ortho intramolecular Hbond substituents is 1. The number of fused-ring (bicyclic) bond motifs is 1. The Morgan fingerprint density at radius 1 is 0.857 bits per heavy atom. The molecule has 2 aliphatic heterocycles. The number of likely N-dealkylation sites (tertiary alicyclic amines) is 1. The second-order valence-corrected chi connectivity index (χ2v) is 22.6. The molecule has 2 saturated heterocycles. The van der Waals surface area contributed by atoms with Gasteiger partial charge in [-0.15, -0.1) is 16.4 Å². The molecule has 25 nitrogen and oxygen atoms in total. The van der Waals surface area contributed by atoms with Crippen LogP contribution in [0.15, 0.2) is 23.6 Å². The van der Waals surface area contributed by atoms with Gasteiger partial charge in [-0.2, -0.15) is 0 Å². The van der Waals surface area contributed by atoms with E-state index >= 15 is 0 Å². The Hall–Kier alpha value is -6.32. The summed E-state index contributed by atoms with van der Waals surface area (Å²) >= 11 is 1.30. The number of hydrogen-bond donors (Lipinski definition) is 6. The molecule has 0 radical (unpaired) electrons. The van der Waals surface area contributed by atoms with Crippen LogP contribution in [0.1, 0.15) is 164 Å². The third kappa shape index (κ3) is 21.6. The molecule has 3 heterocycles. The molecule has 1 unspecified atom stereocenters. The average molecular weight is 1200 g/mol. The van der Waals surface area contributed by atoms with Crippen molar-refractivity contribution in [2.45, 2.75) is 168 Å². The van der Waals surface area contributed by atoms with Crippen LogP contribution in [-0.4, -0.2) is 182 Å². The third-order valence-corrected chi connectivity index (χ3v) is 15.9. The lowest BCUT2D eigenvalue weighted by Crippen LogP contribution is -2.58. The van der Waals surface area contributed by atoms with Crippen LogP contribution < -0.4 is 26.8 Å². The first-order valence-electron chi connectivity index (χ1n) is 29.6. The van der Waals surface area contributed by atoms with Crippen LogP contribution in [-0.2, 0) is 68.5 Å². The number of hydrazine groups is 1. The lowest BCUT2D eigenvalue weighted by Gasteiger charge is -2.40. The number of hydroxylamine groups is 2. The molecule has 468 valence electrons. The number of benzene rings is 1. The van der Waals surface area contributed by atoms with E-state index in [1.165, 1.54) is 23.5 Å². The van der Waals surface area contributed by atoms with Crippen molar-refractivity contribution < 1.29 is 76.8 Å². The van der Waals surface area contributed by atoms with E-state index in [0.29, 0.717) is 54.5 Å². The highest BCUT2D eigenvalue weighted by Gasteiger charge is 2.39. The molecule has 7 atom stereocenters. The van der Waals surface area contributed by atoms with E-state index in [0.717, 1.165) is 37.8 Å². The number of carbonyl (C=O) groups is 9. The Morgan fingerprint density at radius 3 is 2.23 bits per heavy atom. The number of ether oxygens (including phenoxy) is 5. The van der Waals surface area contributed by atoms with Crippen molar-refractivity contribution in [3.05, 3.63) is 45.4 Å². The van der Waals surface area contributed by atoms with Gasteiger partial charge in [0.1, 0.15) is 35.2 Å². The van der Waals surface area contributed by atoms with Gasteiger partial charge in [-0.3, -0.25) is 43.9 Å². The highest BCUT2D eigenvalue weighted by molar-refractivity contribution is 7.09. The number of likely N-dealkylation sites (N-methyl/N-ethyl adjacent to an activating group) is 1. The number of thiazole rings is 1. The number of rotatable bonds is 35. The van der Waals surface area contributed by atoms with Crippen molar-refractivity contribution in [2.24, 2.45) is 11.8 Å². The number of imide groups is 1. The summed E-state index contributed by atoms with van der Waals surface area (Å²) in [4.78, 5) is 129. The molecule has 1 aromatic heterocycles. The monoisotopic (exact) mass is 1200 g/mol. The molecule has 0 bridgehead atoms. The fourth-order valence-corrected chi connectivity index (χ4v) is 11.1. The summed E-state index contributed by atoms with van der Waals surface area (Å²) in [5.41, 5.74) is 6.10. The van der Waals surface area contributed by atoms with Gasteiger partial charge < -0.3 is 54.5 Å². The molecule has 3 aliphatic rings. The lowest BCUT2D eigenvalue weighted by molar-refractivity contribution is -0.197. The summed E-state index contributed by atoms with van der Waals surface area (Å²) in [6.07, 6.45) is 4.43. The summed E-state index contributed by atoms with van der Waals surface area (Å²) in [7, 11) is 1.96. The SMILES string of the molecule is CCCO[C@H](C[C@H](C(C)C)N(CCC)C(=O)[C@@H](NC(=O)[C@H]1CCCCN1C)[C@@H](C)CC)c1nc(C(=O)NC2Cc3ccc(O)cc3[C@H](C(=O)NNC(=O)OCCOCCOCCOCCNC(=O)CCCC(=O)ON3C(=O)CCC3=O)C2)cs1. The Labute approximate surface area is 496 Å². The maximum atomic E-state index is 14.8. The predicted molar refractivity (Wildman–Crippen MR) is 308 cm³/mol. The zero-order chi connectivity index (χ0) is 61.1. The Kier molecular flexibility index (Phi) is 29.2. The van der Waals surface area contributed by atoms with Crippen LogP contribution in [0.4, 0.5) is 4.79 Å². The van der Waals surface area contributed by atoms with Gasteiger partial charge in [0.15, 0.2) is 0 Å². The first kappa shape index (κ1) is 68.5. The summed E-state index contributed by atoms with van der Waals surface area (Å²) < 4.78 is 28.0. The van der Waals surface area contributed by atoms with Crippen molar-refractivity contribution >= 4 is 64.7 Å². The molecule has 26 heteroatoms. The van der Waals surface area contributed by atoms with Crippen LogP contribution in [0.3, 0.4) is 0 Å². The van der Waals surface area contributed by atoms with Crippen LogP contribution in [0.25, 0.3) is 0 Å². The molecule has 1 aromatic carbocycles. The van der Waals surface area contributed by atoms with E-state index in [1.807, 2.05) is 39.6 Å². The highest BCUT2D eigenvalue weighted by atomic mass is 32.1. The molecule has 1 aliphatic carbocycles. The first-order valence-corrected chi connectivity index (χ1v) is 30.5. The maximum Gasteiger partial charge on any atom is 0.426 e. The van der Waals surface area contributed by atoms with Gasteiger partial charge in [-0.1, -0.05) is 60.5 Å². The van der Waals surface area contributed by atoms with E-state index in [9.17, 15) is 48.3 Å². The molecule has 2 aromatic rings. The standard InChI is InChI=1S/C58H89N9O16S/c1-8-22-66(57(76)52(38(6)10-3)62-55(75)45-14-11-12-23-65(45)7)46(37(4)5)35-47(81-24-9-2)56-61-44(36-84-56)54(74)60-40-32-39-17-18-41(68)34-42(39)43(33-40)53(73)63-64-58(77)82-31-30-80-29-28-79-27-26-78-25-21-59-48(69)15-13-16-51(72)83-67-49(70)19-20-50(67)71/h17-18,34,36-38,40,43,45-47,52,68H,8-16,19-33,35H2,1-7H3,(H,59,69)(H,60,74)(H,62,75)(H,63,73)(H,64,77)/t38-,40?,43+,45+,46+,47+,52-/m0/s1. The Bertz CT molecular complexity index is 2480. The van der Waals surface area contributed by atoms with Crippen molar-refractivity contribution in [1.29, 1.82) is 0 Å². The summed E-state index contributed by atoms with van der Waals surface area (Å²) in [5, 5.41) is 22.0. The fraction of sp³-hybridized carbons (Fsp3) is 0.690. The quantitative estimate of drug-likeness (QED) is 0.0314. The van der Waals surface area contributed by atoms with Gasteiger partial charge in [0.25, 0.3) is 17.7 Å². The van der Waals surface area contributed by atoms with E-state index in [4.69, 9.17) is 33.5 Å². The van der Waals surface area contributed by atoms with Gasteiger partial charge in [0.2, 0.25) is 23.6 Å². The zero-order valence-corrected chi connectivity index (χ0v) is 50.7. The van der Waals surface area contributed by atoms with Crippen molar-refractivity contribution in [1.82, 2.24) is 46.6 Å². The summed E-state index contributed by atoms with van der Waals surface area (Å²) in [6, 6.07) is 2.91. The number of piperidine rings is 1. The second-order valence-electron chi connectivity index (χ2n) is 21.8. The highest BCUT2D eigenvalue weighted by Crippen LogP contribution is 2.36. The predicted octanol–water partition coefficient (Wildman–Crippen LogP) is 4.51. The molecule has 0 spiro atoms. The molecule has 84 heavy (non-hydrogen) atoms. The topological polar surface area (TPSA) is 312 Å². The molecule has 2 fully saturated rings. The molecule has 6 N–H and O–H groups in total. The van der Waals surface area contributed by atoms with E-state index in [2.05, 4.69) is 45.5 Å².